The third kappa shape index (κ3) is 2.91. The number of nitrogens with zero attached hydrogens (tertiary/aromatic N) is 2. The lowest BCUT2D eigenvalue weighted by Crippen LogP contribution is -2.46. The smallest absolute Gasteiger partial charge is 0.0426 e. The number of piperazine rings is 1. The summed E-state index contributed by atoms with van der Waals surface area (Å²) in [6.45, 7) is 6.30. The summed E-state index contributed by atoms with van der Waals surface area (Å²) in [4.78, 5) is 4.84. The molecule has 20 heavy (non-hydrogen) atoms. The van der Waals surface area contributed by atoms with E-state index in [2.05, 4.69) is 47.1 Å². The first-order valence-electron chi connectivity index (χ1n) is 7.04. The van der Waals surface area contributed by atoms with E-state index < -0.39 is 0 Å². The molecule has 0 aliphatic carbocycles. The molecular weight excluding hydrogens is 268 g/mol. The van der Waals surface area contributed by atoms with Gasteiger partial charge in [0, 0.05) is 42.6 Å². The van der Waals surface area contributed by atoms with Crippen molar-refractivity contribution in [3.63, 3.8) is 0 Å². The van der Waals surface area contributed by atoms with E-state index in [1.165, 1.54) is 16.9 Å². The fraction of sp³-hybridized carbons (Fsp3) is 0.294. The van der Waals surface area contributed by atoms with Crippen molar-refractivity contribution < 1.29 is 0 Å². The summed E-state index contributed by atoms with van der Waals surface area (Å²) in [5.74, 6) is 0. The van der Waals surface area contributed by atoms with E-state index in [0.29, 0.717) is 0 Å². The molecule has 3 heteroatoms. The SMILES string of the molecule is Cc1ccc(N2CCN(c3cccc(Cl)c3)CC2)cc1. The van der Waals surface area contributed by atoms with Crippen molar-refractivity contribution in [2.45, 2.75) is 6.92 Å². The molecule has 0 amide bonds. The van der Waals surface area contributed by atoms with E-state index in [1.807, 2.05) is 18.2 Å². The van der Waals surface area contributed by atoms with Crippen LogP contribution in [0.15, 0.2) is 48.5 Å². The predicted octanol–water partition coefficient (Wildman–Crippen LogP) is 3.98. The van der Waals surface area contributed by atoms with Crippen LogP contribution in [0.25, 0.3) is 0 Å². The van der Waals surface area contributed by atoms with E-state index in [-0.39, 0.29) is 0 Å². The number of hydrogen-bond donors (Lipinski definition) is 0. The summed E-state index contributed by atoms with van der Waals surface area (Å²) in [5.41, 5.74) is 3.86. The van der Waals surface area contributed by atoms with Gasteiger partial charge in [-0.3, -0.25) is 0 Å². The third-order valence-corrected chi connectivity index (χ3v) is 4.09. The van der Waals surface area contributed by atoms with Crippen LogP contribution in [0.2, 0.25) is 5.02 Å². The summed E-state index contributed by atoms with van der Waals surface area (Å²) >= 11 is 6.07. The van der Waals surface area contributed by atoms with Gasteiger partial charge in [-0.05, 0) is 37.3 Å². The van der Waals surface area contributed by atoms with Crippen LogP contribution in [-0.4, -0.2) is 26.2 Å². The Hall–Kier alpha value is -1.67. The molecule has 0 spiro atoms. The maximum absolute atomic E-state index is 6.07. The Morgan fingerprint density at radius 2 is 1.40 bits per heavy atom. The number of halogens is 1. The van der Waals surface area contributed by atoms with Gasteiger partial charge < -0.3 is 9.80 Å². The summed E-state index contributed by atoms with van der Waals surface area (Å²) in [6, 6.07) is 16.9. The van der Waals surface area contributed by atoms with Crippen LogP contribution in [-0.2, 0) is 0 Å². The molecule has 0 aromatic heterocycles. The van der Waals surface area contributed by atoms with Crippen LogP contribution in [0, 0.1) is 6.92 Å². The number of rotatable bonds is 2. The minimum absolute atomic E-state index is 0.809. The Morgan fingerprint density at radius 3 is 2.00 bits per heavy atom. The molecule has 0 bridgehead atoms. The quantitative estimate of drug-likeness (QED) is 0.824. The van der Waals surface area contributed by atoms with Crippen molar-refractivity contribution in [1.29, 1.82) is 0 Å². The zero-order valence-electron chi connectivity index (χ0n) is 11.7. The lowest BCUT2D eigenvalue weighted by atomic mass is 10.2. The van der Waals surface area contributed by atoms with Crippen molar-refractivity contribution in [3.05, 3.63) is 59.1 Å². The number of benzene rings is 2. The van der Waals surface area contributed by atoms with Gasteiger partial charge >= 0.3 is 0 Å². The van der Waals surface area contributed by atoms with Gasteiger partial charge in [0.1, 0.15) is 0 Å². The minimum atomic E-state index is 0.809. The fourth-order valence-corrected chi connectivity index (χ4v) is 2.84. The molecule has 1 saturated heterocycles. The molecule has 2 aromatic carbocycles. The highest BCUT2D eigenvalue weighted by Crippen LogP contribution is 2.23. The van der Waals surface area contributed by atoms with Crippen molar-refractivity contribution in [3.8, 4) is 0 Å². The average molecular weight is 287 g/mol. The van der Waals surface area contributed by atoms with Crippen LogP contribution in [0.4, 0.5) is 11.4 Å². The Labute approximate surface area is 125 Å². The van der Waals surface area contributed by atoms with Crippen LogP contribution in [0.3, 0.4) is 0 Å². The molecule has 0 unspecified atom stereocenters. The molecule has 104 valence electrons. The van der Waals surface area contributed by atoms with Gasteiger partial charge in [0.05, 0.1) is 0 Å². The Kier molecular flexibility index (Phi) is 3.83. The van der Waals surface area contributed by atoms with Gasteiger partial charge in [0.15, 0.2) is 0 Å². The molecular formula is C17H19ClN2. The number of aryl methyl sites for hydroxylation is 1. The second kappa shape index (κ2) is 5.76. The second-order valence-corrected chi connectivity index (χ2v) is 5.73. The van der Waals surface area contributed by atoms with E-state index in [1.54, 1.807) is 0 Å². The molecule has 1 aliphatic heterocycles. The van der Waals surface area contributed by atoms with E-state index >= 15 is 0 Å². The van der Waals surface area contributed by atoms with Gasteiger partial charge in [-0.1, -0.05) is 35.4 Å². The molecule has 1 aliphatic rings. The maximum atomic E-state index is 6.07. The standard InChI is InChI=1S/C17H19ClN2/c1-14-5-7-16(8-6-14)19-9-11-20(12-10-19)17-4-2-3-15(18)13-17/h2-8,13H,9-12H2,1H3. The second-order valence-electron chi connectivity index (χ2n) is 5.29. The largest absolute Gasteiger partial charge is 0.368 e. The lowest BCUT2D eigenvalue weighted by Gasteiger charge is -2.37. The molecule has 0 atom stereocenters. The van der Waals surface area contributed by atoms with E-state index in [0.717, 1.165) is 31.2 Å². The van der Waals surface area contributed by atoms with Crippen molar-refractivity contribution >= 4 is 23.0 Å². The summed E-state index contributed by atoms with van der Waals surface area (Å²) in [5, 5.41) is 0.809. The van der Waals surface area contributed by atoms with Gasteiger partial charge in [0.25, 0.3) is 0 Å². The molecule has 0 N–H and O–H groups in total. The Morgan fingerprint density at radius 1 is 0.800 bits per heavy atom. The number of hydrogen-bond acceptors (Lipinski definition) is 2. The fourth-order valence-electron chi connectivity index (χ4n) is 2.65. The van der Waals surface area contributed by atoms with Gasteiger partial charge in [-0.25, -0.2) is 0 Å². The zero-order valence-corrected chi connectivity index (χ0v) is 12.5. The maximum Gasteiger partial charge on any atom is 0.0426 e. The highest BCUT2D eigenvalue weighted by atomic mass is 35.5. The van der Waals surface area contributed by atoms with Crippen molar-refractivity contribution in [1.82, 2.24) is 0 Å². The van der Waals surface area contributed by atoms with Crippen LogP contribution < -0.4 is 9.80 Å². The van der Waals surface area contributed by atoms with Crippen LogP contribution in [0.1, 0.15) is 5.56 Å². The number of anilines is 2. The van der Waals surface area contributed by atoms with Crippen molar-refractivity contribution in [2.24, 2.45) is 0 Å². The Bertz CT molecular complexity index is 572. The Balaban J connectivity index is 1.66. The average Bonchev–Trinajstić information content (AvgIpc) is 2.48. The molecule has 2 aromatic rings. The van der Waals surface area contributed by atoms with Gasteiger partial charge in [-0.2, -0.15) is 0 Å². The molecule has 1 fully saturated rings. The first-order valence-corrected chi connectivity index (χ1v) is 7.42. The molecule has 2 nitrogen and oxygen atoms in total. The van der Waals surface area contributed by atoms with Crippen molar-refractivity contribution in [2.75, 3.05) is 36.0 Å². The van der Waals surface area contributed by atoms with Gasteiger partial charge in [-0.15, -0.1) is 0 Å². The highest BCUT2D eigenvalue weighted by Gasteiger charge is 2.17. The summed E-state index contributed by atoms with van der Waals surface area (Å²) in [6.07, 6.45) is 0. The van der Waals surface area contributed by atoms with Crippen LogP contribution in [0.5, 0.6) is 0 Å². The van der Waals surface area contributed by atoms with E-state index in [9.17, 15) is 0 Å². The topological polar surface area (TPSA) is 6.48 Å². The first-order chi connectivity index (χ1) is 9.72. The molecule has 0 saturated carbocycles. The first kappa shape index (κ1) is 13.3. The van der Waals surface area contributed by atoms with Crippen LogP contribution >= 0.6 is 11.6 Å². The molecule has 1 heterocycles. The third-order valence-electron chi connectivity index (χ3n) is 3.85. The molecule has 3 rings (SSSR count). The predicted molar refractivity (Wildman–Crippen MR) is 87.1 cm³/mol. The normalized spacial score (nSPS) is 15.5. The lowest BCUT2D eigenvalue weighted by molar-refractivity contribution is 0.653. The van der Waals surface area contributed by atoms with Gasteiger partial charge in [0.2, 0.25) is 0 Å². The van der Waals surface area contributed by atoms with E-state index in [4.69, 9.17) is 11.6 Å². The summed E-state index contributed by atoms with van der Waals surface area (Å²) in [7, 11) is 0. The minimum Gasteiger partial charge on any atom is -0.368 e. The monoisotopic (exact) mass is 286 g/mol. The zero-order chi connectivity index (χ0) is 13.9. The molecule has 0 radical (unpaired) electrons. The highest BCUT2D eigenvalue weighted by molar-refractivity contribution is 6.30. The summed E-state index contributed by atoms with van der Waals surface area (Å²) < 4.78 is 0.